The number of allylic oxidation sites excluding steroid dienone is 2. The quantitative estimate of drug-likeness (QED) is 0.0361. The Morgan fingerprint density at radius 2 is 0.551 bits per heavy atom. The number of unbranched alkanes of at least 4 members (excludes halogenated alkanes) is 50. The van der Waals surface area contributed by atoms with Crippen LogP contribution in [0.25, 0.3) is 0 Å². The number of rotatable bonds is 60. The van der Waals surface area contributed by atoms with Gasteiger partial charge in [-0.25, -0.2) is 0 Å². The van der Waals surface area contributed by atoms with Crippen LogP contribution in [-0.2, 0) is 4.79 Å². The predicted octanol–water partition coefficient (Wildman–Crippen LogP) is 20.2. The molecule has 5 nitrogen and oxygen atoms in total. The highest BCUT2D eigenvalue weighted by molar-refractivity contribution is 5.80. The SMILES string of the molecule is CCCCCCCCCCCCCCCCCCCC/C=C\CCCCCCCCCCCCCCCCCCC(O)C(=O)NC(CO)C(O)CCCCCCCCCCCCCCCCCCC. The van der Waals surface area contributed by atoms with Gasteiger partial charge in [-0.15, -0.1) is 0 Å². The fourth-order valence-corrected chi connectivity index (χ4v) is 10.4. The molecule has 69 heavy (non-hydrogen) atoms. The van der Waals surface area contributed by atoms with Gasteiger partial charge in [0.2, 0.25) is 5.91 Å². The van der Waals surface area contributed by atoms with Crippen molar-refractivity contribution in [3.63, 3.8) is 0 Å². The Labute approximate surface area is 433 Å². The lowest BCUT2D eigenvalue weighted by atomic mass is 10.0. The molecule has 0 aliphatic heterocycles. The van der Waals surface area contributed by atoms with Gasteiger partial charge in [0.1, 0.15) is 6.10 Å². The molecule has 0 saturated carbocycles. The Kier molecular flexibility index (Phi) is 58.9. The lowest BCUT2D eigenvalue weighted by molar-refractivity contribution is -0.131. The van der Waals surface area contributed by atoms with Crippen LogP contribution in [-0.4, -0.2) is 46.1 Å². The number of amides is 1. The second kappa shape index (κ2) is 59.7. The number of aliphatic hydroxyl groups is 3. The van der Waals surface area contributed by atoms with Gasteiger partial charge in [0.05, 0.1) is 18.8 Å². The van der Waals surface area contributed by atoms with Crippen LogP contribution < -0.4 is 5.32 Å². The zero-order chi connectivity index (χ0) is 50.0. The minimum atomic E-state index is -1.07. The third kappa shape index (κ3) is 54.7. The van der Waals surface area contributed by atoms with E-state index in [1.807, 2.05) is 0 Å². The highest BCUT2D eigenvalue weighted by Gasteiger charge is 2.23. The van der Waals surface area contributed by atoms with Crippen LogP contribution in [0.5, 0.6) is 0 Å². The molecule has 0 aliphatic rings. The maximum Gasteiger partial charge on any atom is 0.249 e. The van der Waals surface area contributed by atoms with Crippen molar-refractivity contribution in [2.45, 2.75) is 385 Å². The molecule has 0 aromatic heterocycles. The molecule has 0 aliphatic carbocycles. The molecule has 3 atom stereocenters. The lowest BCUT2D eigenvalue weighted by Gasteiger charge is -2.23. The van der Waals surface area contributed by atoms with Crippen molar-refractivity contribution in [1.82, 2.24) is 5.32 Å². The minimum Gasteiger partial charge on any atom is -0.394 e. The summed E-state index contributed by atoms with van der Waals surface area (Å²) >= 11 is 0. The van der Waals surface area contributed by atoms with E-state index in [4.69, 9.17) is 0 Å². The summed E-state index contributed by atoms with van der Waals surface area (Å²) in [6.07, 6.45) is 75.9. The fraction of sp³-hybridized carbons (Fsp3) is 0.953. The largest absolute Gasteiger partial charge is 0.394 e. The summed E-state index contributed by atoms with van der Waals surface area (Å²) in [6.45, 7) is 4.28. The van der Waals surface area contributed by atoms with Crippen molar-refractivity contribution in [3.8, 4) is 0 Å². The molecule has 0 fully saturated rings. The van der Waals surface area contributed by atoms with Gasteiger partial charge < -0.3 is 20.6 Å². The van der Waals surface area contributed by atoms with E-state index in [0.29, 0.717) is 12.8 Å². The molecule has 0 heterocycles. The van der Waals surface area contributed by atoms with Crippen molar-refractivity contribution in [3.05, 3.63) is 12.2 Å². The first kappa shape index (κ1) is 68.1. The van der Waals surface area contributed by atoms with Crippen molar-refractivity contribution in [1.29, 1.82) is 0 Å². The molecule has 4 N–H and O–H groups in total. The monoisotopic (exact) mass is 974 g/mol. The van der Waals surface area contributed by atoms with Crippen LogP contribution in [0.3, 0.4) is 0 Å². The third-order valence-electron chi connectivity index (χ3n) is 15.4. The van der Waals surface area contributed by atoms with Gasteiger partial charge >= 0.3 is 0 Å². The fourth-order valence-electron chi connectivity index (χ4n) is 10.4. The van der Waals surface area contributed by atoms with E-state index in [1.54, 1.807) is 0 Å². The van der Waals surface area contributed by atoms with Crippen molar-refractivity contribution >= 4 is 5.91 Å². The van der Waals surface area contributed by atoms with Gasteiger partial charge in [0, 0.05) is 0 Å². The number of carbonyl (C=O) groups is 1. The molecule has 5 heteroatoms. The molecule has 3 unspecified atom stereocenters. The van der Waals surface area contributed by atoms with Gasteiger partial charge in [-0.3, -0.25) is 4.79 Å². The molecular weight excluding hydrogens is 847 g/mol. The molecule has 0 aromatic rings. The molecule has 0 saturated heterocycles. The average Bonchev–Trinajstić information content (AvgIpc) is 3.35. The number of hydrogen-bond acceptors (Lipinski definition) is 4. The van der Waals surface area contributed by atoms with Crippen LogP contribution in [0.2, 0.25) is 0 Å². The Morgan fingerprint density at radius 1 is 0.333 bits per heavy atom. The zero-order valence-electron chi connectivity index (χ0n) is 47.2. The van der Waals surface area contributed by atoms with E-state index < -0.39 is 24.2 Å². The van der Waals surface area contributed by atoms with Gasteiger partial charge in [-0.05, 0) is 38.5 Å². The maximum atomic E-state index is 12.6. The zero-order valence-corrected chi connectivity index (χ0v) is 47.2. The first-order chi connectivity index (χ1) is 34.1. The second-order valence-corrected chi connectivity index (χ2v) is 22.3. The van der Waals surface area contributed by atoms with Crippen LogP contribution >= 0.6 is 0 Å². The van der Waals surface area contributed by atoms with E-state index in [1.165, 1.54) is 308 Å². The molecule has 1 amide bonds. The van der Waals surface area contributed by atoms with Gasteiger partial charge in [0.25, 0.3) is 0 Å². The maximum absolute atomic E-state index is 12.6. The summed E-state index contributed by atoms with van der Waals surface area (Å²) < 4.78 is 0. The summed E-state index contributed by atoms with van der Waals surface area (Å²) in [5, 5.41) is 33.6. The van der Waals surface area contributed by atoms with Gasteiger partial charge in [0.15, 0.2) is 0 Å². The molecule has 0 aromatic carbocycles. The Morgan fingerprint density at radius 3 is 0.797 bits per heavy atom. The normalized spacial score (nSPS) is 13.2. The molecule has 412 valence electrons. The van der Waals surface area contributed by atoms with E-state index in [-0.39, 0.29) is 6.61 Å². The first-order valence-corrected chi connectivity index (χ1v) is 32.0. The van der Waals surface area contributed by atoms with E-state index in [9.17, 15) is 20.1 Å². The molecule has 0 rings (SSSR count). The van der Waals surface area contributed by atoms with Gasteiger partial charge in [-0.1, -0.05) is 341 Å². The Hall–Kier alpha value is -0.910. The number of aliphatic hydroxyl groups excluding tert-OH is 3. The highest BCUT2D eigenvalue weighted by Crippen LogP contribution is 2.19. The molecule has 0 spiro atoms. The summed E-state index contributed by atoms with van der Waals surface area (Å²) in [5.41, 5.74) is 0. The summed E-state index contributed by atoms with van der Waals surface area (Å²) in [5.74, 6) is -0.463. The first-order valence-electron chi connectivity index (χ1n) is 32.0. The number of nitrogens with one attached hydrogen (secondary N) is 1. The van der Waals surface area contributed by atoms with Crippen molar-refractivity contribution < 1.29 is 20.1 Å². The Bertz CT molecular complexity index is 987. The standard InChI is InChI=1S/C64H127NO4/c1-3-5-7-9-11-13-15-17-19-21-22-23-24-25-26-27-28-29-30-31-32-33-34-35-36-37-38-39-40-41-43-45-47-49-51-53-55-57-59-63(68)64(69)65-61(60-66)62(67)58-56-54-52-50-48-46-44-42-20-18-16-14-12-10-8-6-4-2/h31-32,61-63,66-68H,3-30,33-60H2,1-2H3,(H,65,69)/b32-31-. The van der Waals surface area contributed by atoms with E-state index in [2.05, 4.69) is 31.3 Å². The van der Waals surface area contributed by atoms with Crippen LogP contribution in [0, 0.1) is 0 Å². The third-order valence-corrected chi connectivity index (χ3v) is 15.4. The lowest BCUT2D eigenvalue weighted by Crippen LogP contribution is -2.49. The van der Waals surface area contributed by atoms with Crippen molar-refractivity contribution in [2.75, 3.05) is 6.61 Å². The number of hydrogen-bond donors (Lipinski definition) is 4. The molecular formula is C64H127NO4. The van der Waals surface area contributed by atoms with E-state index >= 15 is 0 Å². The van der Waals surface area contributed by atoms with Crippen LogP contribution in [0.15, 0.2) is 12.2 Å². The average molecular weight is 975 g/mol. The number of carbonyl (C=O) groups excluding carboxylic acids is 1. The van der Waals surface area contributed by atoms with Crippen LogP contribution in [0.4, 0.5) is 0 Å². The second-order valence-electron chi connectivity index (χ2n) is 22.3. The summed E-state index contributed by atoms with van der Waals surface area (Å²) in [7, 11) is 0. The van der Waals surface area contributed by atoms with Crippen molar-refractivity contribution in [2.24, 2.45) is 0 Å². The van der Waals surface area contributed by atoms with Crippen LogP contribution in [0.1, 0.15) is 367 Å². The molecule has 0 bridgehead atoms. The minimum absolute atomic E-state index is 0.309. The Balaban J connectivity index is 3.43. The summed E-state index contributed by atoms with van der Waals surface area (Å²) in [6, 6.07) is -0.709. The predicted molar refractivity (Wildman–Crippen MR) is 305 cm³/mol. The summed E-state index contributed by atoms with van der Waals surface area (Å²) in [4.78, 5) is 12.6. The molecule has 0 radical (unpaired) electrons. The van der Waals surface area contributed by atoms with E-state index in [0.717, 1.165) is 32.1 Å². The topological polar surface area (TPSA) is 89.8 Å². The smallest absolute Gasteiger partial charge is 0.249 e. The van der Waals surface area contributed by atoms with Gasteiger partial charge in [-0.2, -0.15) is 0 Å². The highest BCUT2D eigenvalue weighted by atomic mass is 16.3.